The number of thiazole rings is 1. The summed E-state index contributed by atoms with van der Waals surface area (Å²) in [7, 11) is 0. The molecule has 13 heavy (non-hydrogen) atoms. The van der Waals surface area contributed by atoms with Gasteiger partial charge in [-0.15, -0.1) is 11.3 Å². The van der Waals surface area contributed by atoms with Crippen molar-refractivity contribution in [2.45, 2.75) is 25.8 Å². The van der Waals surface area contributed by atoms with Gasteiger partial charge in [-0.2, -0.15) is 0 Å². The first-order valence-electron chi connectivity index (χ1n) is 4.82. The third kappa shape index (κ3) is 2.76. The van der Waals surface area contributed by atoms with Gasteiger partial charge in [-0.1, -0.05) is 6.42 Å². The molecule has 0 spiro atoms. The number of hydrogen-bond donors (Lipinski definition) is 1. The van der Waals surface area contributed by atoms with Gasteiger partial charge in [0.15, 0.2) is 0 Å². The number of rotatable bonds is 3. The van der Waals surface area contributed by atoms with Crippen LogP contribution in [0.2, 0.25) is 0 Å². The summed E-state index contributed by atoms with van der Waals surface area (Å²) >= 11 is 1.71. The first kappa shape index (κ1) is 9.12. The van der Waals surface area contributed by atoms with E-state index in [-0.39, 0.29) is 0 Å². The Morgan fingerprint density at radius 3 is 2.92 bits per heavy atom. The monoisotopic (exact) mass is 197 g/mol. The Morgan fingerprint density at radius 2 is 2.23 bits per heavy atom. The van der Waals surface area contributed by atoms with Crippen molar-refractivity contribution < 1.29 is 0 Å². The second kappa shape index (κ2) is 4.69. The molecule has 4 heteroatoms. The largest absolute Gasteiger partial charge is 0.248 e. The molecule has 72 valence electrons. The van der Waals surface area contributed by atoms with Gasteiger partial charge in [0.2, 0.25) is 0 Å². The maximum absolute atomic E-state index is 4.23. The summed E-state index contributed by atoms with van der Waals surface area (Å²) in [4.78, 5) is 4.23. The lowest BCUT2D eigenvalue weighted by Crippen LogP contribution is -2.41. The van der Waals surface area contributed by atoms with Gasteiger partial charge in [-0.3, -0.25) is 0 Å². The van der Waals surface area contributed by atoms with Gasteiger partial charge >= 0.3 is 0 Å². The highest BCUT2D eigenvalue weighted by molar-refractivity contribution is 7.09. The lowest BCUT2D eigenvalue weighted by atomic mass is 10.2. The van der Waals surface area contributed by atoms with E-state index in [4.69, 9.17) is 0 Å². The summed E-state index contributed by atoms with van der Waals surface area (Å²) in [5.74, 6) is 0. The highest BCUT2D eigenvalue weighted by atomic mass is 32.1. The van der Waals surface area contributed by atoms with Gasteiger partial charge in [0, 0.05) is 24.7 Å². The van der Waals surface area contributed by atoms with Gasteiger partial charge in [0.1, 0.15) is 5.01 Å². The number of hydrogen-bond acceptors (Lipinski definition) is 4. The molecule has 0 aromatic carbocycles. The Labute approximate surface area is 82.8 Å². The molecule has 1 N–H and O–H groups in total. The SMILES string of the molecule is c1csc(CNN2CCCCC2)n1. The van der Waals surface area contributed by atoms with Crippen LogP contribution in [0.4, 0.5) is 0 Å². The van der Waals surface area contributed by atoms with E-state index in [0.717, 1.165) is 6.54 Å². The Bertz CT molecular complexity index is 229. The fourth-order valence-corrected chi connectivity index (χ4v) is 2.12. The van der Waals surface area contributed by atoms with E-state index in [1.54, 1.807) is 11.3 Å². The molecule has 1 aromatic rings. The Kier molecular flexibility index (Phi) is 3.29. The molecule has 2 rings (SSSR count). The molecule has 0 radical (unpaired) electrons. The number of piperidine rings is 1. The molecule has 1 saturated heterocycles. The highest BCUT2D eigenvalue weighted by Crippen LogP contribution is 2.08. The molecule has 0 bridgehead atoms. The third-order valence-corrected chi connectivity index (χ3v) is 3.07. The smallest absolute Gasteiger partial charge is 0.108 e. The zero-order chi connectivity index (χ0) is 8.93. The van der Waals surface area contributed by atoms with Crippen LogP contribution in [0.15, 0.2) is 11.6 Å². The zero-order valence-corrected chi connectivity index (χ0v) is 8.52. The van der Waals surface area contributed by atoms with Crippen LogP contribution in [0.5, 0.6) is 0 Å². The summed E-state index contributed by atoms with van der Waals surface area (Å²) in [6.45, 7) is 3.26. The van der Waals surface area contributed by atoms with Crippen LogP contribution in [-0.2, 0) is 6.54 Å². The van der Waals surface area contributed by atoms with E-state index in [2.05, 4.69) is 15.4 Å². The maximum Gasteiger partial charge on any atom is 0.108 e. The average molecular weight is 197 g/mol. The first-order chi connectivity index (χ1) is 6.45. The number of nitrogens with one attached hydrogen (secondary N) is 1. The zero-order valence-electron chi connectivity index (χ0n) is 7.70. The van der Waals surface area contributed by atoms with Crippen molar-refractivity contribution in [3.05, 3.63) is 16.6 Å². The number of aromatic nitrogens is 1. The van der Waals surface area contributed by atoms with Crippen LogP contribution in [0.3, 0.4) is 0 Å². The van der Waals surface area contributed by atoms with E-state index in [1.807, 2.05) is 11.6 Å². The normalized spacial score (nSPS) is 19.1. The van der Waals surface area contributed by atoms with E-state index >= 15 is 0 Å². The fraction of sp³-hybridized carbons (Fsp3) is 0.667. The van der Waals surface area contributed by atoms with Crippen LogP contribution in [0.25, 0.3) is 0 Å². The van der Waals surface area contributed by atoms with Crippen LogP contribution in [0, 0.1) is 0 Å². The lowest BCUT2D eigenvalue weighted by Gasteiger charge is -2.26. The van der Waals surface area contributed by atoms with Gasteiger partial charge in [0.05, 0.1) is 6.54 Å². The van der Waals surface area contributed by atoms with Gasteiger partial charge in [-0.05, 0) is 12.8 Å². The van der Waals surface area contributed by atoms with Crippen molar-refractivity contribution in [3.63, 3.8) is 0 Å². The molecule has 0 unspecified atom stereocenters. The van der Waals surface area contributed by atoms with Gasteiger partial charge < -0.3 is 0 Å². The van der Waals surface area contributed by atoms with Crippen molar-refractivity contribution in [2.24, 2.45) is 0 Å². The molecule has 1 aliphatic heterocycles. The number of hydrazine groups is 1. The lowest BCUT2D eigenvalue weighted by molar-refractivity contribution is 0.151. The van der Waals surface area contributed by atoms with Crippen LogP contribution < -0.4 is 5.43 Å². The molecule has 0 saturated carbocycles. The predicted octanol–water partition coefficient (Wildman–Crippen LogP) is 1.63. The van der Waals surface area contributed by atoms with E-state index in [9.17, 15) is 0 Å². The minimum absolute atomic E-state index is 0.887. The van der Waals surface area contributed by atoms with Gasteiger partial charge in [-0.25, -0.2) is 15.4 Å². The van der Waals surface area contributed by atoms with Crippen molar-refractivity contribution >= 4 is 11.3 Å². The fourth-order valence-electron chi connectivity index (χ4n) is 1.57. The molecule has 0 aliphatic carbocycles. The quantitative estimate of drug-likeness (QED) is 0.798. The molecular formula is C9H15N3S. The Morgan fingerprint density at radius 1 is 1.38 bits per heavy atom. The van der Waals surface area contributed by atoms with E-state index < -0.39 is 0 Å². The first-order valence-corrected chi connectivity index (χ1v) is 5.70. The van der Waals surface area contributed by atoms with E-state index in [1.165, 1.54) is 37.4 Å². The maximum atomic E-state index is 4.23. The standard InChI is InChI=1S/C9H15N3S/c1-2-5-12(6-3-1)11-8-9-10-4-7-13-9/h4,7,11H,1-3,5-6,8H2. The molecular weight excluding hydrogens is 182 g/mol. The summed E-state index contributed by atoms with van der Waals surface area (Å²) in [5.41, 5.74) is 3.41. The summed E-state index contributed by atoms with van der Waals surface area (Å²) in [5, 5.41) is 5.50. The molecule has 2 heterocycles. The van der Waals surface area contributed by atoms with Crippen molar-refractivity contribution in [1.29, 1.82) is 0 Å². The Balaban J connectivity index is 1.72. The minimum atomic E-state index is 0.887. The summed E-state index contributed by atoms with van der Waals surface area (Å²) in [6.07, 6.45) is 5.89. The van der Waals surface area contributed by atoms with Crippen LogP contribution in [0.1, 0.15) is 24.3 Å². The summed E-state index contributed by atoms with van der Waals surface area (Å²) < 4.78 is 0. The van der Waals surface area contributed by atoms with Crippen LogP contribution in [-0.4, -0.2) is 23.1 Å². The molecule has 0 atom stereocenters. The van der Waals surface area contributed by atoms with Crippen molar-refractivity contribution in [1.82, 2.24) is 15.4 Å². The molecule has 1 aliphatic rings. The number of nitrogens with zero attached hydrogens (tertiary/aromatic N) is 2. The topological polar surface area (TPSA) is 28.2 Å². The van der Waals surface area contributed by atoms with E-state index in [0.29, 0.717) is 0 Å². The minimum Gasteiger partial charge on any atom is -0.248 e. The molecule has 1 fully saturated rings. The molecule has 3 nitrogen and oxygen atoms in total. The average Bonchev–Trinajstić information content (AvgIpc) is 2.69. The predicted molar refractivity (Wildman–Crippen MR) is 54.4 cm³/mol. The third-order valence-electron chi connectivity index (χ3n) is 2.29. The van der Waals surface area contributed by atoms with Crippen molar-refractivity contribution in [2.75, 3.05) is 13.1 Å². The van der Waals surface area contributed by atoms with Crippen LogP contribution >= 0.6 is 11.3 Å². The van der Waals surface area contributed by atoms with Gasteiger partial charge in [0.25, 0.3) is 0 Å². The summed E-state index contributed by atoms with van der Waals surface area (Å²) in [6, 6.07) is 0. The Hall–Kier alpha value is -0.450. The second-order valence-electron chi connectivity index (χ2n) is 3.31. The molecule has 0 amide bonds. The molecule has 1 aromatic heterocycles. The highest BCUT2D eigenvalue weighted by Gasteiger charge is 2.09. The second-order valence-corrected chi connectivity index (χ2v) is 4.29. The van der Waals surface area contributed by atoms with Crippen molar-refractivity contribution in [3.8, 4) is 0 Å².